The number of aliphatic hydroxyl groups excluding tert-OH is 1. The standard InChI is InChI=1S/C10H21NOS/c1-8(12)5-6-11-9-3-4-10(7-9)13-2/h8-12H,3-7H2,1-2H3. The van der Waals surface area contributed by atoms with Gasteiger partial charge < -0.3 is 10.4 Å². The van der Waals surface area contributed by atoms with Crippen molar-refractivity contribution in [1.82, 2.24) is 5.32 Å². The first-order valence-electron chi connectivity index (χ1n) is 5.16. The molecule has 1 aliphatic rings. The van der Waals surface area contributed by atoms with Crippen LogP contribution in [0.15, 0.2) is 0 Å². The smallest absolute Gasteiger partial charge is 0.0524 e. The summed E-state index contributed by atoms with van der Waals surface area (Å²) in [5, 5.41) is 13.4. The lowest BCUT2D eigenvalue weighted by molar-refractivity contribution is 0.182. The highest BCUT2D eigenvalue weighted by Gasteiger charge is 2.22. The van der Waals surface area contributed by atoms with Gasteiger partial charge in [-0.15, -0.1) is 0 Å². The number of hydrogen-bond acceptors (Lipinski definition) is 3. The molecule has 0 radical (unpaired) electrons. The van der Waals surface area contributed by atoms with Crippen molar-refractivity contribution in [1.29, 1.82) is 0 Å². The van der Waals surface area contributed by atoms with Crippen molar-refractivity contribution in [3.63, 3.8) is 0 Å². The predicted octanol–water partition coefficient (Wildman–Crippen LogP) is 1.63. The summed E-state index contributed by atoms with van der Waals surface area (Å²) < 4.78 is 0. The number of thioether (sulfide) groups is 1. The Bertz CT molecular complexity index is 141. The molecule has 1 saturated carbocycles. The first kappa shape index (κ1) is 11.3. The van der Waals surface area contributed by atoms with E-state index in [2.05, 4.69) is 11.6 Å². The Morgan fingerprint density at radius 1 is 1.54 bits per heavy atom. The molecule has 0 amide bonds. The van der Waals surface area contributed by atoms with Gasteiger partial charge in [0.15, 0.2) is 0 Å². The maximum absolute atomic E-state index is 9.08. The highest BCUT2D eigenvalue weighted by atomic mass is 32.2. The van der Waals surface area contributed by atoms with Crippen molar-refractivity contribution in [2.45, 2.75) is 50.0 Å². The van der Waals surface area contributed by atoms with E-state index in [1.54, 1.807) is 0 Å². The lowest BCUT2D eigenvalue weighted by Crippen LogP contribution is -2.29. The minimum atomic E-state index is -0.162. The van der Waals surface area contributed by atoms with Gasteiger partial charge in [0.2, 0.25) is 0 Å². The third-order valence-electron chi connectivity index (χ3n) is 2.71. The lowest BCUT2D eigenvalue weighted by Gasteiger charge is -2.13. The van der Waals surface area contributed by atoms with Crippen LogP contribution < -0.4 is 5.32 Å². The van der Waals surface area contributed by atoms with Gasteiger partial charge >= 0.3 is 0 Å². The summed E-state index contributed by atoms with van der Waals surface area (Å²) in [6, 6.07) is 0.705. The molecule has 3 atom stereocenters. The predicted molar refractivity (Wildman–Crippen MR) is 59.2 cm³/mol. The Morgan fingerprint density at radius 2 is 2.31 bits per heavy atom. The number of aliphatic hydroxyl groups is 1. The van der Waals surface area contributed by atoms with E-state index < -0.39 is 0 Å². The third-order valence-corrected chi connectivity index (χ3v) is 3.81. The summed E-state index contributed by atoms with van der Waals surface area (Å²) in [5.41, 5.74) is 0. The average molecular weight is 203 g/mol. The molecule has 0 aromatic rings. The van der Waals surface area contributed by atoms with E-state index >= 15 is 0 Å². The summed E-state index contributed by atoms with van der Waals surface area (Å²) in [7, 11) is 0. The molecule has 78 valence electrons. The van der Waals surface area contributed by atoms with Gasteiger partial charge in [-0.2, -0.15) is 11.8 Å². The third kappa shape index (κ3) is 4.34. The van der Waals surface area contributed by atoms with Gasteiger partial charge in [-0.3, -0.25) is 0 Å². The summed E-state index contributed by atoms with van der Waals surface area (Å²) in [6.07, 6.45) is 6.88. The van der Waals surface area contributed by atoms with Gasteiger partial charge in [0.05, 0.1) is 6.10 Å². The first-order valence-corrected chi connectivity index (χ1v) is 6.45. The van der Waals surface area contributed by atoms with Crippen LogP contribution in [0.3, 0.4) is 0 Å². The van der Waals surface area contributed by atoms with Crippen molar-refractivity contribution < 1.29 is 5.11 Å². The molecule has 0 bridgehead atoms. The summed E-state index contributed by atoms with van der Waals surface area (Å²) >= 11 is 1.99. The van der Waals surface area contributed by atoms with Gasteiger partial charge in [-0.25, -0.2) is 0 Å². The van der Waals surface area contributed by atoms with Crippen molar-refractivity contribution in [2.75, 3.05) is 12.8 Å². The highest BCUT2D eigenvalue weighted by Crippen LogP contribution is 2.27. The Hall–Kier alpha value is 0.270. The van der Waals surface area contributed by atoms with Crippen LogP contribution in [0.4, 0.5) is 0 Å². The van der Waals surface area contributed by atoms with E-state index in [1.807, 2.05) is 18.7 Å². The molecule has 2 N–H and O–H groups in total. The van der Waals surface area contributed by atoms with Crippen molar-refractivity contribution in [2.24, 2.45) is 0 Å². The number of hydrogen-bond donors (Lipinski definition) is 2. The molecule has 0 aliphatic heterocycles. The van der Waals surface area contributed by atoms with Crippen molar-refractivity contribution in [3.8, 4) is 0 Å². The fourth-order valence-electron chi connectivity index (χ4n) is 1.84. The van der Waals surface area contributed by atoms with Crippen LogP contribution in [-0.2, 0) is 0 Å². The van der Waals surface area contributed by atoms with Gasteiger partial charge in [-0.1, -0.05) is 0 Å². The van der Waals surface area contributed by atoms with Crippen molar-refractivity contribution >= 4 is 11.8 Å². The first-order chi connectivity index (χ1) is 6.22. The summed E-state index contributed by atoms with van der Waals surface area (Å²) in [5.74, 6) is 0. The van der Waals surface area contributed by atoms with E-state index in [-0.39, 0.29) is 6.10 Å². The van der Waals surface area contributed by atoms with Crippen LogP contribution in [0, 0.1) is 0 Å². The minimum Gasteiger partial charge on any atom is -0.393 e. The van der Waals surface area contributed by atoms with Crippen LogP contribution >= 0.6 is 11.8 Å². The quantitative estimate of drug-likeness (QED) is 0.712. The zero-order chi connectivity index (χ0) is 9.68. The number of rotatable bonds is 5. The van der Waals surface area contributed by atoms with E-state index in [9.17, 15) is 0 Å². The zero-order valence-electron chi connectivity index (χ0n) is 8.62. The topological polar surface area (TPSA) is 32.3 Å². The Balaban J connectivity index is 2.03. The van der Waals surface area contributed by atoms with Crippen molar-refractivity contribution in [3.05, 3.63) is 0 Å². The second-order valence-electron chi connectivity index (χ2n) is 3.96. The fraction of sp³-hybridized carbons (Fsp3) is 1.00. The highest BCUT2D eigenvalue weighted by molar-refractivity contribution is 7.99. The largest absolute Gasteiger partial charge is 0.393 e. The maximum Gasteiger partial charge on any atom is 0.0524 e. The molecule has 0 aromatic carbocycles. The van der Waals surface area contributed by atoms with Crippen LogP contribution in [0.5, 0.6) is 0 Å². The van der Waals surface area contributed by atoms with Gasteiger partial charge in [-0.05, 0) is 45.4 Å². The molecule has 0 saturated heterocycles. The van der Waals surface area contributed by atoms with Crippen LogP contribution in [0.1, 0.15) is 32.6 Å². The molecule has 1 rings (SSSR count). The molecule has 0 spiro atoms. The van der Waals surface area contributed by atoms with Crippen LogP contribution in [-0.4, -0.2) is 35.3 Å². The second-order valence-corrected chi connectivity index (χ2v) is 5.10. The molecule has 2 nitrogen and oxygen atoms in total. The summed E-state index contributed by atoms with van der Waals surface area (Å²) in [4.78, 5) is 0. The monoisotopic (exact) mass is 203 g/mol. The number of nitrogens with one attached hydrogen (secondary N) is 1. The van der Waals surface area contributed by atoms with E-state index in [0.717, 1.165) is 18.2 Å². The van der Waals surface area contributed by atoms with E-state index in [0.29, 0.717) is 6.04 Å². The van der Waals surface area contributed by atoms with E-state index in [1.165, 1.54) is 19.3 Å². The molecular weight excluding hydrogens is 182 g/mol. The molecule has 0 aromatic heterocycles. The van der Waals surface area contributed by atoms with Crippen LogP contribution in [0.25, 0.3) is 0 Å². The SMILES string of the molecule is CSC1CCC(NCCC(C)O)C1. The Morgan fingerprint density at radius 3 is 2.85 bits per heavy atom. The molecule has 1 fully saturated rings. The molecular formula is C10H21NOS. The molecule has 13 heavy (non-hydrogen) atoms. The molecule has 1 aliphatic carbocycles. The minimum absolute atomic E-state index is 0.162. The Labute approximate surface area is 85.5 Å². The molecule has 3 unspecified atom stereocenters. The molecule has 0 heterocycles. The normalized spacial score (nSPS) is 30.7. The van der Waals surface area contributed by atoms with Gasteiger partial charge in [0, 0.05) is 11.3 Å². The zero-order valence-corrected chi connectivity index (χ0v) is 9.44. The summed E-state index contributed by atoms with van der Waals surface area (Å²) in [6.45, 7) is 2.81. The molecule has 3 heteroatoms. The van der Waals surface area contributed by atoms with Gasteiger partial charge in [0.25, 0.3) is 0 Å². The van der Waals surface area contributed by atoms with Crippen LogP contribution in [0.2, 0.25) is 0 Å². The van der Waals surface area contributed by atoms with Gasteiger partial charge in [0.1, 0.15) is 0 Å². The Kier molecular flexibility index (Phi) is 5.14. The lowest BCUT2D eigenvalue weighted by atomic mass is 10.2. The second kappa shape index (κ2) is 5.89. The maximum atomic E-state index is 9.08. The fourth-order valence-corrected chi connectivity index (χ4v) is 2.63. The average Bonchev–Trinajstić information content (AvgIpc) is 2.52. The van der Waals surface area contributed by atoms with E-state index in [4.69, 9.17) is 5.11 Å².